The lowest BCUT2D eigenvalue weighted by molar-refractivity contribution is -0.242. The number of carbonyl (C=O) groups excluding carboxylic acids is 1. The fraction of sp³-hybridized carbons (Fsp3) is 0.500. The normalized spacial score (nSPS) is 26.0. The van der Waals surface area contributed by atoms with Gasteiger partial charge in [0.25, 0.3) is 0 Å². The number of aryl methyl sites for hydroxylation is 1. The zero-order valence-electron chi connectivity index (χ0n) is 14.7. The Kier molecular flexibility index (Phi) is 5.47. The number of rotatable bonds is 5. The van der Waals surface area contributed by atoms with Gasteiger partial charge in [-0.25, -0.2) is 0 Å². The van der Waals surface area contributed by atoms with Gasteiger partial charge in [0.2, 0.25) is 12.2 Å². The highest BCUT2D eigenvalue weighted by molar-refractivity contribution is 5.87. The van der Waals surface area contributed by atoms with Gasteiger partial charge < -0.3 is 35.1 Å². The molecule has 0 bridgehead atoms. The highest BCUT2D eigenvalue weighted by Crippen LogP contribution is 2.31. The number of aliphatic hydroxyl groups excluding tert-OH is 3. The van der Waals surface area contributed by atoms with Crippen LogP contribution in [0.25, 0.3) is 10.9 Å². The molecule has 1 aliphatic heterocycles. The summed E-state index contributed by atoms with van der Waals surface area (Å²) in [7, 11) is 0. The number of amides is 1. The smallest absolute Gasteiger partial charge is 0.228 e. The molecule has 142 valence electrons. The SMILES string of the molecule is CC(=O)NCCc1c[nH]c2c(C)c(OC3OCC(O)C(O)C3O)ccc12. The molecule has 0 aliphatic carbocycles. The Balaban J connectivity index is 1.76. The van der Waals surface area contributed by atoms with Crippen LogP contribution >= 0.6 is 0 Å². The van der Waals surface area contributed by atoms with Gasteiger partial charge in [0.1, 0.15) is 24.1 Å². The molecule has 1 aliphatic rings. The molecule has 3 rings (SSSR count). The van der Waals surface area contributed by atoms with Gasteiger partial charge in [-0.05, 0) is 31.0 Å². The molecule has 26 heavy (non-hydrogen) atoms. The first-order chi connectivity index (χ1) is 12.4. The largest absolute Gasteiger partial charge is 0.462 e. The lowest BCUT2D eigenvalue weighted by atomic mass is 10.0. The average Bonchev–Trinajstić information content (AvgIpc) is 3.01. The number of aromatic nitrogens is 1. The van der Waals surface area contributed by atoms with Crippen molar-refractivity contribution in [2.24, 2.45) is 0 Å². The van der Waals surface area contributed by atoms with E-state index >= 15 is 0 Å². The third kappa shape index (κ3) is 3.68. The van der Waals surface area contributed by atoms with Crippen molar-refractivity contribution < 1.29 is 29.6 Å². The van der Waals surface area contributed by atoms with E-state index in [0.29, 0.717) is 18.7 Å². The molecule has 2 aromatic rings. The van der Waals surface area contributed by atoms with Crippen LogP contribution < -0.4 is 10.1 Å². The van der Waals surface area contributed by atoms with E-state index in [1.807, 2.05) is 19.2 Å². The molecular formula is C18H24N2O6. The number of carbonyl (C=O) groups is 1. The number of benzene rings is 1. The number of fused-ring (bicyclic) bond motifs is 1. The maximum atomic E-state index is 11.0. The number of aromatic amines is 1. The van der Waals surface area contributed by atoms with Gasteiger partial charge in [-0.1, -0.05) is 0 Å². The third-order valence-corrected chi connectivity index (χ3v) is 4.62. The first-order valence-corrected chi connectivity index (χ1v) is 8.55. The van der Waals surface area contributed by atoms with Gasteiger partial charge in [-0.15, -0.1) is 0 Å². The Labute approximate surface area is 150 Å². The molecule has 8 heteroatoms. The number of ether oxygens (including phenoxy) is 2. The molecule has 0 radical (unpaired) electrons. The van der Waals surface area contributed by atoms with Crippen molar-refractivity contribution in [2.45, 2.75) is 44.9 Å². The summed E-state index contributed by atoms with van der Waals surface area (Å²) in [5.74, 6) is 0.454. The van der Waals surface area contributed by atoms with Crippen LogP contribution in [0.2, 0.25) is 0 Å². The van der Waals surface area contributed by atoms with Crippen LogP contribution in [0.5, 0.6) is 5.75 Å². The quantitative estimate of drug-likeness (QED) is 0.508. The van der Waals surface area contributed by atoms with Crippen LogP contribution in [0, 0.1) is 6.92 Å². The summed E-state index contributed by atoms with van der Waals surface area (Å²) in [5, 5.41) is 33.1. The molecule has 1 amide bonds. The number of hydrogen-bond donors (Lipinski definition) is 5. The summed E-state index contributed by atoms with van der Waals surface area (Å²) in [4.78, 5) is 14.2. The third-order valence-electron chi connectivity index (χ3n) is 4.62. The Morgan fingerprint density at radius 3 is 2.85 bits per heavy atom. The van der Waals surface area contributed by atoms with E-state index in [1.165, 1.54) is 6.92 Å². The van der Waals surface area contributed by atoms with Gasteiger partial charge in [0.15, 0.2) is 0 Å². The highest BCUT2D eigenvalue weighted by atomic mass is 16.7. The van der Waals surface area contributed by atoms with Crippen molar-refractivity contribution in [3.8, 4) is 5.75 Å². The van der Waals surface area contributed by atoms with Crippen LogP contribution in [0.3, 0.4) is 0 Å². The summed E-state index contributed by atoms with van der Waals surface area (Å²) in [5.41, 5.74) is 2.81. The molecule has 1 saturated heterocycles. The molecule has 5 N–H and O–H groups in total. The molecule has 1 aromatic carbocycles. The second kappa shape index (κ2) is 7.63. The summed E-state index contributed by atoms with van der Waals surface area (Å²) in [6.07, 6.45) is -2.25. The predicted molar refractivity (Wildman–Crippen MR) is 93.8 cm³/mol. The molecule has 1 aromatic heterocycles. The van der Waals surface area contributed by atoms with E-state index in [2.05, 4.69) is 10.3 Å². The number of aliphatic hydroxyl groups is 3. The molecule has 0 saturated carbocycles. The molecular weight excluding hydrogens is 340 g/mol. The zero-order chi connectivity index (χ0) is 18.8. The minimum Gasteiger partial charge on any atom is -0.462 e. The fourth-order valence-corrected chi connectivity index (χ4v) is 3.10. The summed E-state index contributed by atoms with van der Waals surface area (Å²) in [6, 6.07) is 3.68. The van der Waals surface area contributed by atoms with Gasteiger partial charge in [-0.2, -0.15) is 0 Å². The fourth-order valence-electron chi connectivity index (χ4n) is 3.10. The second-order valence-electron chi connectivity index (χ2n) is 6.53. The maximum Gasteiger partial charge on any atom is 0.228 e. The Bertz CT molecular complexity index is 789. The van der Waals surface area contributed by atoms with Crippen molar-refractivity contribution >= 4 is 16.8 Å². The number of hydrogen-bond acceptors (Lipinski definition) is 6. The van der Waals surface area contributed by atoms with Crippen molar-refractivity contribution in [1.29, 1.82) is 0 Å². The second-order valence-corrected chi connectivity index (χ2v) is 6.53. The summed E-state index contributed by atoms with van der Waals surface area (Å²) < 4.78 is 11.0. The average molecular weight is 364 g/mol. The topological polar surface area (TPSA) is 124 Å². The summed E-state index contributed by atoms with van der Waals surface area (Å²) in [6.45, 7) is 3.81. The number of H-pyrrole nitrogens is 1. The molecule has 2 heterocycles. The standard InChI is InChI=1S/C18H24N2O6/c1-9-14(26-18-17(24)16(23)13(22)8-25-18)4-3-12-11(7-20-15(9)12)5-6-19-10(2)21/h3-4,7,13,16-18,20,22-24H,5-6,8H2,1-2H3,(H,19,21). The molecule has 1 fully saturated rings. The van der Waals surface area contributed by atoms with Gasteiger partial charge in [0, 0.05) is 30.6 Å². The minimum absolute atomic E-state index is 0.0601. The highest BCUT2D eigenvalue weighted by Gasteiger charge is 2.39. The van der Waals surface area contributed by atoms with Crippen molar-refractivity contribution in [1.82, 2.24) is 10.3 Å². The van der Waals surface area contributed by atoms with Crippen molar-refractivity contribution in [3.05, 3.63) is 29.5 Å². The minimum atomic E-state index is -1.34. The van der Waals surface area contributed by atoms with E-state index < -0.39 is 24.6 Å². The monoisotopic (exact) mass is 364 g/mol. The molecule has 4 unspecified atom stereocenters. The van der Waals surface area contributed by atoms with Gasteiger partial charge in [0.05, 0.1) is 12.1 Å². The molecule has 8 nitrogen and oxygen atoms in total. The van der Waals surface area contributed by atoms with Crippen LogP contribution in [0.15, 0.2) is 18.3 Å². The van der Waals surface area contributed by atoms with Crippen molar-refractivity contribution in [3.63, 3.8) is 0 Å². The van der Waals surface area contributed by atoms with Crippen molar-refractivity contribution in [2.75, 3.05) is 13.2 Å². The Hall–Kier alpha value is -2.13. The van der Waals surface area contributed by atoms with Crippen LogP contribution in [0.1, 0.15) is 18.1 Å². The van der Waals surface area contributed by atoms with Crippen LogP contribution in [-0.2, 0) is 16.0 Å². The van der Waals surface area contributed by atoms with E-state index in [-0.39, 0.29) is 12.5 Å². The van der Waals surface area contributed by atoms with Gasteiger partial charge in [-0.3, -0.25) is 4.79 Å². The first kappa shape index (κ1) is 18.7. The van der Waals surface area contributed by atoms with Crippen LogP contribution in [-0.4, -0.2) is 64.0 Å². The van der Waals surface area contributed by atoms with E-state index in [4.69, 9.17) is 9.47 Å². The van der Waals surface area contributed by atoms with Crippen LogP contribution in [0.4, 0.5) is 0 Å². The first-order valence-electron chi connectivity index (χ1n) is 8.55. The van der Waals surface area contributed by atoms with E-state index in [0.717, 1.165) is 22.0 Å². The lowest BCUT2D eigenvalue weighted by Crippen LogP contribution is -2.54. The van der Waals surface area contributed by atoms with Gasteiger partial charge >= 0.3 is 0 Å². The number of nitrogens with one attached hydrogen (secondary N) is 2. The van der Waals surface area contributed by atoms with E-state index in [9.17, 15) is 20.1 Å². The van der Waals surface area contributed by atoms with E-state index in [1.54, 1.807) is 6.07 Å². The lowest BCUT2D eigenvalue weighted by Gasteiger charge is -2.35. The molecule has 0 spiro atoms. The Morgan fingerprint density at radius 2 is 2.12 bits per heavy atom. The molecule has 4 atom stereocenters. The zero-order valence-corrected chi connectivity index (χ0v) is 14.7. The maximum absolute atomic E-state index is 11.0. The Morgan fingerprint density at radius 1 is 1.35 bits per heavy atom. The predicted octanol–water partition coefficient (Wildman–Crippen LogP) is -0.0273. The summed E-state index contributed by atoms with van der Waals surface area (Å²) >= 11 is 0.